The number of fused-ring (bicyclic) bond motifs is 1. The minimum atomic E-state index is -1.07. The number of ether oxygens (including phenoxy) is 1. The van der Waals surface area contributed by atoms with E-state index < -0.39 is 18.0 Å². The number of amides is 1. The zero-order valence-electron chi connectivity index (χ0n) is 16.8. The Morgan fingerprint density at radius 1 is 1.37 bits per heavy atom. The molecule has 2 saturated heterocycles. The van der Waals surface area contributed by atoms with E-state index >= 15 is 0 Å². The van der Waals surface area contributed by atoms with Gasteiger partial charge in [-0.3, -0.25) is 14.6 Å². The van der Waals surface area contributed by atoms with Gasteiger partial charge in [-0.05, 0) is 31.5 Å². The van der Waals surface area contributed by atoms with Crippen LogP contribution in [-0.4, -0.2) is 74.9 Å². The molecule has 3 heterocycles. The molecule has 3 aliphatic heterocycles. The normalized spacial score (nSPS) is 27.2. The molecule has 1 aromatic rings. The summed E-state index contributed by atoms with van der Waals surface area (Å²) in [6, 6.07) is 9.73. The predicted octanol–water partition coefficient (Wildman–Crippen LogP) is 2.43. The van der Waals surface area contributed by atoms with Crippen LogP contribution < -0.4 is 4.74 Å². The second kappa shape index (κ2) is 9.21. The molecule has 0 saturated carbocycles. The van der Waals surface area contributed by atoms with Crippen LogP contribution in [0.4, 0.5) is 0 Å². The van der Waals surface area contributed by atoms with E-state index in [0.717, 1.165) is 31.8 Å². The van der Waals surface area contributed by atoms with Gasteiger partial charge in [0.2, 0.25) is 5.91 Å². The van der Waals surface area contributed by atoms with Gasteiger partial charge in [0, 0.05) is 18.3 Å². The first kappa shape index (κ1) is 21.5. The van der Waals surface area contributed by atoms with Crippen molar-refractivity contribution in [2.75, 3.05) is 26.2 Å². The molecule has 1 amide bonds. The van der Waals surface area contributed by atoms with Crippen LogP contribution in [0.2, 0.25) is 0 Å². The summed E-state index contributed by atoms with van der Waals surface area (Å²) in [6.45, 7) is 5.07. The number of carboxylic acids is 1. The summed E-state index contributed by atoms with van der Waals surface area (Å²) in [5, 5.41) is 19.8. The number of aliphatic hydroxyl groups excluding tert-OH is 1. The van der Waals surface area contributed by atoms with Crippen LogP contribution in [0.15, 0.2) is 40.3 Å². The number of likely N-dealkylation sites (tertiary alicyclic amines) is 1. The first-order chi connectivity index (χ1) is 14.5. The number of thioether (sulfide) groups is 2. The highest BCUT2D eigenvalue weighted by Gasteiger charge is 2.58. The fraction of sp³-hybridized carbons (Fsp3) is 0.524. The van der Waals surface area contributed by atoms with Crippen LogP contribution in [-0.2, 0) is 9.59 Å². The minimum Gasteiger partial charge on any atom is -0.492 e. The van der Waals surface area contributed by atoms with Gasteiger partial charge in [0.05, 0.1) is 16.3 Å². The van der Waals surface area contributed by atoms with E-state index in [-0.39, 0.29) is 22.2 Å². The van der Waals surface area contributed by atoms with Crippen molar-refractivity contribution in [3.63, 3.8) is 0 Å². The fourth-order valence-electron chi connectivity index (χ4n) is 4.05. The molecule has 2 N–H and O–H groups in total. The largest absolute Gasteiger partial charge is 0.492 e. The number of hydrogen-bond donors (Lipinski definition) is 2. The molecule has 0 aromatic heterocycles. The molecule has 30 heavy (non-hydrogen) atoms. The highest BCUT2D eigenvalue weighted by molar-refractivity contribution is 8.23. The number of para-hydroxylation sites is 1. The van der Waals surface area contributed by atoms with Crippen molar-refractivity contribution in [3.05, 3.63) is 40.3 Å². The maximum absolute atomic E-state index is 12.5. The van der Waals surface area contributed by atoms with Crippen LogP contribution in [0.3, 0.4) is 0 Å². The Kier molecular flexibility index (Phi) is 6.62. The van der Waals surface area contributed by atoms with E-state index in [1.165, 1.54) is 16.7 Å². The minimum absolute atomic E-state index is 0.0883. The highest BCUT2D eigenvalue weighted by atomic mass is 32.2. The number of hydrogen-bond acceptors (Lipinski definition) is 7. The van der Waals surface area contributed by atoms with Gasteiger partial charge in [-0.1, -0.05) is 36.9 Å². The number of rotatable bonds is 9. The maximum atomic E-state index is 12.5. The van der Waals surface area contributed by atoms with Crippen molar-refractivity contribution < 1.29 is 24.5 Å². The third-order valence-electron chi connectivity index (χ3n) is 5.70. The summed E-state index contributed by atoms with van der Waals surface area (Å²) in [6.07, 6.45) is 0.721. The molecular weight excluding hydrogens is 424 g/mol. The molecule has 2 fully saturated rings. The van der Waals surface area contributed by atoms with Crippen LogP contribution in [0.25, 0.3) is 0 Å². The number of benzene rings is 1. The molecule has 0 unspecified atom stereocenters. The van der Waals surface area contributed by atoms with Crippen molar-refractivity contribution in [2.45, 2.75) is 36.5 Å². The Labute approximate surface area is 184 Å². The average Bonchev–Trinajstić information content (AvgIpc) is 3.31. The zero-order valence-corrected chi connectivity index (χ0v) is 18.4. The summed E-state index contributed by atoms with van der Waals surface area (Å²) in [4.78, 5) is 28.0. The molecule has 162 valence electrons. The van der Waals surface area contributed by atoms with E-state index in [2.05, 4.69) is 4.90 Å². The van der Waals surface area contributed by atoms with Crippen LogP contribution in [0.1, 0.15) is 19.8 Å². The first-order valence-electron chi connectivity index (χ1n) is 10.2. The molecule has 4 atom stereocenters. The molecule has 0 aliphatic carbocycles. The van der Waals surface area contributed by atoms with Gasteiger partial charge in [0.25, 0.3) is 0 Å². The third kappa shape index (κ3) is 4.21. The quantitative estimate of drug-likeness (QED) is 0.555. The third-order valence-corrected chi connectivity index (χ3v) is 8.56. The topological polar surface area (TPSA) is 90.3 Å². The van der Waals surface area contributed by atoms with Gasteiger partial charge in [0.1, 0.15) is 17.7 Å². The number of carbonyl (C=O) groups excluding carboxylic acids is 1. The van der Waals surface area contributed by atoms with Gasteiger partial charge < -0.3 is 14.9 Å². The fourth-order valence-corrected chi connectivity index (χ4v) is 7.36. The van der Waals surface area contributed by atoms with Crippen LogP contribution in [0.5, 0.6) is 5.75 Å². The van der Waals surface area contributed by atoms with Crippen molar-refractivity contribution in [2.24, 2.45) is 5.92 Å². The van der Waals surface area contributed by atoms with Crippen LogP contribution >= 0.6 is 23.5 Å². The van der Waals surface area contributed by atoms with E-state index in [1.807, 2.05) is 37.3 Å². The number of aliphatic carboxylic acids is 1. The lowest BCUT2D eigenvalue weighted by Gasteiger charge is -2.44. The van der Waals surface area contributed by atoms with Gasteiger partial charge in [-0.15, -0.1) is 11.8 Å². The standard InChI is InChI=1S/C21H26N2O5S2/c1-2-15(24)16-18(25)23-17(20(26)27)21(30-19(16)23)29-14-8-9-22(12-14)10-11-28-13-6-4-3-5-7-13/h3-7,14-16,19,24H,2,8-12H2,1H3,(H,26,27)/t14-,15-,16+,19+/m0/s1. The molecule has 0 radical (unpaired) electrons. The lowest BCUT2D eigenvalue weighted by atomic mass is 9.90. The Hall–Kier alpha value is -1.68. The monoisotopic (exact) mass is 450 g/mol. The van der Waals surface area contributed by atoms with Crippen LogP contribution in [0, 0.1) is 5.92 Å². The first-order valence-corrected chi connectivity index (χ1v) is 12.0. The van der Waals surface area contributed by atoms with Gasteiger partial charge >= 0.3 is 5.97 Å². The summed E-state index contributed by atoms with van der Waals surface area (Å²) < 4.78 is 6.46. The smallest absolute Gasteiger partial charge is 0.354 e. The Morgan fingerprint density at radius 3 is 2.83 bits per heavy atom. The number of β-lactam (4-membered cyclic amide) rings is 1. The maximum Gasteiger partial charge on any atom is 0.354 e. The molecule has 0 bridgehead atoms. The Balaban J connectivity index is 1.32. The van der Waals surface area contributed by atoms with Gasteiger partial charge in [-0.2, -0.15) is 0 Å². The van der Waals surface area contributed by atoms with E-state index in [1.54, 1.807) is 11.8 Å². The SMILES string of the molecule is CC[C@H](O)[C@@H]1C(=O)N2C(C(=O)O)=C(S[C@H]3CCN(CCOc4ccccc4)C3)S[C@H]12. The van der Waals surface area contributed by atoms with Crippen molar-refractivity contribution >= 4 is 35.4 Å². The Morgan fingerprint density at radius 2 is 2.13 bits per heavy atom. The number of nitrogens with zero attached hydrogens (tertiary/aromatic N) is 2. The molecule has 3 aliphatic rings. The lowest BCUT2D eigenvalue weighted by Crippen LogP contribution is -2.61. The van der Waals surface area contributed by atoms with Crippen molar-refractivity contribution in [1.29, 1.82) is 0 Å². The molecular formula is C21H26N2O5S2. The number of aliphatic hydroxyl groups is 1. The van der Waals surface area contributed by atoms with Gasteiger partial charge in [-0.25, -0.2) is 4.79 Å². The molecule has 7 nitrogen and oxygen atoms in total. The van der Waals surface area contributed by atoms with E-state index in [9.17, 15) is 19.8 Å². The summed E-state index contributed by atoms with van der Waals surface area (Å²) in [5.74, 6) is -1.00. The zero-order chi connectivity index (χ0) is 21.3. The molecule has 4 rings (SSSR count). The number of carbonyl (C=O) groups is 2. The summed E-state index contributed by atoms with van der Waals surface area (Å²) in [5.41, 5.74) is 0.0883. The van der Waals surface area contributed by atoms with Crippen molar-refractivity contribution in [3.8, 4) is 5.75 Å². The molecule has 1 aromatic carbocycles. The molecule has 0 spiro atoms. The Bertz CT molecular complexity index is 834. The summed E-state index contributed by atoms with van der Waals surface area (Å²) >= 11 is 2.98. The lowest BCUT2D eigenvalue weighted by molar-refractivity contribution is -0.157. The van der Waals surface area contributed by atoms with Gasteiger partial charge in [0.15, 0.2) is 5.70 Å². The second-order valence-electron chi connectivity index (χ2n) is 7.65. The van der Waals surface area contributed by atoms with Crippen molar-refractivity contribution in [1.82, 2.24) is 9.80 Å². The molecule has 9 heteroatoms. The second-order valence-corrected chi connectivity index (χ2v) is 10.3. The van der Waals surface area contributed by atoms with E-state index in [0.29, 0.717) is 17.3 Å². The average molecular weight is 451 g/mol. The highest BCUT2D eigenvalue weighted by Crippen LogP contribution is 2.55. The summed E-state index contributed by atoms with van der Waals surface area (Å²) in [7, 11) is 0. The van der Waals surface area contributed by atoms with E-state index in [4.69, 9.17) is 4.74 Å². The predicted molar refractivity (Wildman–Crippen MR) is 117 cm³/mol. The number of carboxylic acid groups (broad SMARTS) is 1.